The Morgan fingerprint density at radius 2 is 2.36 bits per heavy atom. The fourth-order valence-corrected chi connectivity index (χ4v) is 1.25. The van der Waals surface area contributed by atoms with Crippen molar-refractivity contribution in [2.24, 2.45) is 0 Å². The summed E-state index contributed by atoms with van der Waals surface area (Å²) < 4.78 is 5.38. The van der Waals surface area contributed by atoms with E-state index < -0.39 is 0 Å². The Hall–Kier alpha value is -1.08. The monoisotopic (exact) mass is 254 g/mol. The maximum atomic E-state index is 8.31. The number of hydrogen-bond acceptors (Lipinski definition) is 3. The summed E-state index contributed by atoms with van der Waals surface area (Å²) in [6.45, 7) is 0.572. The van der Waals surface area contributed by atoms with Gasteiger partial charge in [-0.1, -0.05) is 15.9 Å². The average molecular weight is 255 g/mol. The Morgan fingerprint density at radius 3 is 2.93 bits per heavy atom. The van der Waals surface area contributed by atoms with Crippen LogP contribution in [-0.2, 0) is 5.33 Å². The maximum absolute atomic E-state index is 8.31. The molecule has 0 saturated carbocycles. The highest BCUT2D eigenvalue weighted by Crippen LogP contribution is 2.11. The van der Waals surface area contributed by atoms with Gasteiger partial charge in [-0.2, -0.15) is 5.26 Å². The van der Waals surface area contributed by atoms with Crippen molar-refractivity contribution >= 4 is 15.9 Å². The van der Waals surface area contributed by atoms with Crippen molar-refractivity contribution in [3.05, 3.63) is 24.0 Å². The SMILES string of the molecule is N#CCCCOc1ccc(CBr)nc1. The number of nitriles is 1. The number of hydrogen-bond donors (Lipinski definition) is 0. The number of pyridine rings is 1. The first-order valence-corrected chi connectivity index (χ1v) is 5.49. The van der Waals surface area contributed by atoms with E-state index in [2.05, 4.69) is 27.0 Å². The van der Waals surface area contributed by atoms with E-state index >= 15 is 0 Å². The molecule has 3 nitrogen and oxygen atoms in total. The molecule has 0 aliphatic rings. The van der Waals surface area contributed by atoms with Crippen LogP contribution in [0.1, 0.15) is 18.5 Å². The quantitative estimate of drug-likeness (QED) is 0.600. The number of ether oxygens (including phenoxy) is 1. The Bertz CT molecular complexity index is 305. The van der Waals surface area contributed by atoms with Gasteiger partial charge < -0.3 is 4.74 Å². The first-order chi connectivity index (χ1) is 6.86. The summed E-state index contributed by atoms with van der Waals surface area (Å²) in [4.78, 5) is 4.16. The zero-order valence-corrected chi connectivity index (χ0v) is 9.33. The fourth-order valence-electron chi connectivity index (χ4n) is 0.917. The first-order valence-electron chi connectivity index (χ1n) is 4.37. The van der Waals surface area contributed by atoms with Crippen molar-refractivity contribution in [2.45, 2.75) is 18.2 Å². The van der Waals surface area contributed by atoms with Gasteiger partial charge in [0.05, 0.1) is 24.6 Å². The van der Waals surface area contributed by atoms with Crippen molar-refractivity contribution in [2.75, 3.05) is 6.61 Å². The summed E-state index contributed by atoms with van der Waals surface area (Å²) in [6, 6.07) is 5.87. The van der Waals surface area contributed by atoms with Gasteiger partial charge in [-0.3, -0.25) is 4.98 Å². The van der Waals surface area contributed by atoms with E-state index in [1.807, 2.05) is 12.1 Å². The van der Waals surface area contributed by atoms with Gasteiger partial charge in [-0.15, -0.1) is 0 Å². The van der Waals surface area contributed by atoms with E-state index in [1.165, 1.54) is 0 Å². The van der Waals surface area contributed by atoms with Gasteiger partial charge in [0.2, 0.25) is 0 Å². The zero-order valence-electron chi connectivity index (χ0n) is 7.74. The third kappa shape index (κ3) is 3.75. The van der Waals surface area contributed by atoms with Crippen LogP contribution < -0.4 is 4.74 Å². The molecule has 1 aromatic heterocycles. The lowest BCUT2D eigenvalue weighted by molar-refractivity contribution is 0.311. The molecule has 74 valence electrons. The number of aromatic nitrogens is 1. The molecule has 0 fully saturated rings. The largest absolute Gasteiger partial charge is 0.492 e. The topological polar surface area (TPSA) is 45.9 Å². The predicted molar refractivity (Wildman–Crippen MR) is 57.2 cm³/mol. The average Bonchev–Trinajstić information content (AvgIpc) is 2.25. The van der Waals surface area contributed by atoms with E-state index in [0.29, 0.717) is 13.0 Å². The minimum atomic E-state index is 0.535. The molecule has 0 amide bonds. The number of rotatable bonds is 5. The van der Waals surface area contributed by atoms with Gasteiger partial charge >= 0.3 is 0 Å². The van der Waals surface area contributed by atoms with Crippen LogP contribution in [0.25, 0.3) is 0 Å². The smallest absolute Gasteiger partial charge is 0.137 e. The lowest BCUT2D eigenvalue weighted by atomic mass is 10.3. The second kappa shape index (κ2) is 6.39. The Balaban J connectivity index is 2.33. The lowest BCUT2D eigenvalue weighted by Crippen LogP contribution is -1.97. The van der Waals surface area contributed by atoms with Crippen molar-refractivity contribution in [1.29, 1.82) is 5.26 Å². The van der Waals surface area contributed by atoms with Crippen molar-refractivity contribution < 1.29 is 4.74 Å². The summed E-state index contributed by atoms with van der Waals surface area (Å²) in [7, 11) is 0. The van der Waals surface area contributed by atoms with E-state index in [1.54, 1.807) is 6.20 Å². The molecule has 0 saturated heterocycles. The van der Waals surface area contributed by atoms with E-state index in [0.717, 1.165) is 23.2 Å². The van der Waals surface area contributed by atoms with Crippen molar-refractivity contribution in [1.82, 2.24) is 4.98 Å². The number of unbranched alkanes of at least 4 members (excludes halogenated alkanes) is 1. The zero-order chi connectivity index (χ0) is 10.2. The molecule has 4 heteroatoms. The molecule has 0 aliphatic carbocycles. The minimum Gasteiger partial charge on any atom is -0.492 e. The van der Waals surface area contributed by atoms with Gasteiger partial charge in [0.1, 0.15) is 5.75 Å². The van der Waals surface area contributed by atoms with Crippen LogP contribution in [0.3, 0.4) is 0 Å². The second-order valence-electron chi connectivity index (χ2n) is 2.73. The number of nitrogens with zero attached hydrogens (tertiary/aromatic N) is 2. The summed E-state index contributed by atoms with van der Waals surface area (Å²) in [5, 5.41) is 9.06. The summed E-state index contributed by atoms with van der Waals surface area (Å²) >= 11 is 3.32. The molecule has 1 rings (SSSR count). The second-order valence-corrected chi connectivity index (χ2v) is 3.29. The van der Waals surface area contributed by atoms with Gasteiger partial charge in [-0.25, -0.2) is 0 Å². The van der Waals surface area contributed by atoms with Crippen LogP contribution in [0.2, 0.25) is 0 Å². The molecule has 1 aromatic rings. The van der Waals surface area contributed by atoms with Gasteiger partial charge in [0.25, 0.3) is 0 Å². The molecular formula is C10H11BrN2O. The molecule has 0 bridgehead atoms. The minimum absolute atomic E-state index is 0.535. The van der Waals surface area contributed by atoms with Gasteiger partial charge in [-0.05, 0) is 18.6 Å². The molecule has 0 aromatic carbocycles. The Kier molecular flexibility index (Phi) is 5.02. The molecular weight excluding hydrogens is 244 g/mol. The van der Waals surface area contributed by atoms with E-state index in [4.69, 9.17) is 10.00 Å². The third-order valence-corrected chi connectivity index (χ3v) is 2.21. The Morgan fingerprint density at radius 1 is 1.50 bits per heavy atom. The van der Waals surface area contributed by atoms with Crippen molar-refractivity contribution in [3.63, 3.8) is 0 Å². The predicted octanol–water partition coefficient (Wildman–Crippen LogP) is 2.66. The summed E-state index contributed by atoms with van der Waals surface area (Å²) in [5.74, 6) is 0.757. The standard InChI is InChI=1S/C10H11BrN2O/c11-7-9-3-4-10(8-13-9)14-6-2-1-5-12/h3-4,8H,1-2,6-7H2. The van der Waals surface area contributed by atoms with Gasteiger partial charge in [0.15, 0.2) is 0 Å². The fraction of sp³-hybridized carbons (Fsp3) is 0.400. The van der Waals surface area contributed by atoms with E-state index in [-0.39, 0.29) is 0 Å². The number of halogens is 1. The van der Waals surface area contributed by atoms with Crippen LogP contribution in [0, 0.1) is 11.3 Å². The first kappa shape index (κ1) is 11.0. The molecule has 0 atom stereocenters. The van der Waals surface area contributed by atoms with Crippen LogP contribution >= 0.6 is 15.9 Å². The van der Waals surface area contributed by atoms with E-state index in [9.17, 15) is 0 Å². The molecule has 0 radical (unpaired) electrons. The van der Waals surface area contributed by atoms with Crippen LogP contribution in [-0.4, -0.2) is 11.6 Å². The van der Waals surface area contributed by atoms with Gasteiger partial charge in [0, 0.05) is 11.8 Å². The third-order valence-electron chi connectivity index (χ3n) is 1.64. The highest BCUT2D eigenvalue weighted by atomic mass is 79.9. The molecule has 0 N–H and O–H groups in total. The maximum Gasteiger partial charge on any atom is 0.137 e. The van der Waals surface area contributed by atoms with Crippen LogP contribution in [0.15, 0.2) is 18.3 Å². The molecule has 1 heterocycles. The number of alkyl halides is 1. The summed E-state index contributed by atoms with van der Waals surface area (Å²) in [6.07, 6.45) is 2.99. The normalized spacial score (nSPS) is 9.43. The highest BCUT2D eigenvalue weighted by molar-refractivity contribution is 9.08. The van der Waals surface area contributed by atoms with Crippen molar-refractivity contribution in [3.8, 4) is 11.8 Å². The van der Waals surface area contributed by atoms with Crippen LogP contribution in [0.5, 0.6) is 5.75 Å². The molecule has 0 spiro atoms. The highest BCUT2D eigenvalue weighted by Gasteiger charge is 1.95. The molecule has 0 unspecified atom stereocenters. The molecule has 14 heavy (non-hydrogen) atoms. The molecule has 0 aliphatic heterocycles. The summed E-state index contributed by atoms with van der Waals surface area (Å²) in [5.41, 5.74) is 0.981. The Labute approximate surface area is 91.8 Å². The van der Waals surface area contributed by atoms with Crippen LogP contribution in [0.4, 0.5) is 0 Å². The lowest BCUT2D eigenvalue weighted by Gasteiger charge is -2.04.